The number of alkyl halides is 2. The van der Waals surface area contributed by atoms with Crippen molar-refractivity contribution in [3.63, 3.8) is 0 Å². The number of fused-ring (bicyclic) bond motifs is 5. The molecule has 32 heavy (non-hydrogen) atoms. The van der Waals surface area contributed by atoms with E-state index in [1.54, 1.807) is 12.1 Å². The molecule has 2 atom stereocenters. The first-order chi connectivity index (χ1) is 15.6. The number of aromatic nitrogens is 1. The van der Waals surface area contributed by atoms with E-state index in [-0.39, 0.29) is 36.8 Å². The Labute approximate surface area is 182 Å². The largest absolute Gasteiger partial charge is 0.491 e. The zero-order valence-corrected chi connectivity index (χ0v) is 16.8. The zero-order valence-electron chi connectivity index (χ0n) is 16.8. The molecule has 1 N–H and O–H groups in total. The topological polar surface area (TPSA) is 69.7 Å². The Balaban J connectivity index is 1.35. The average Bonchev–Trinajstić information content (AvgIpc) is 3.31. The molecule has 4 heterocycles. The van der Waals surface area contributed by atoms with Crippen LogP contribution in [0.15, 0.2) is 54.7 Å². The van der Waals surface area contributed by atoms with Crippen molar-refractivity contribution < 1.29 is 27.8 Å². The molecule has 1 unspecified atom stereocenters. The molecule has 0 fully saturated rings. The molecule has 1 spiro atoms. The van der Waals surface area contributed by atoms with Crippen LogP contribution in [0.2, 0.25) is 0 Å². The third-order valence-electron chi connectivity index (χ3n) is 6.27. The van der Waals surface area contributed by atoms with Gasteiger partial charge in [0.15, 0.2) is 11.5 Å². The molecule has 3 aromatic rings. The van der Waals surface area contributed by atoms with Crippen molar-refractivity contribution in [3.05, 3.63) is 77.1 Å². The van der Waals surface area contributed by atoms with Crippen molar-refractivity contribution in [2.24, 2.45) is 0 Å². The number of nitrogens with one attached hydrogen (secondary N) is 1. The smallest absolute Gasteiger partial charge is 0.265 e. The van der Waals surface area contributed by atoms with Crippen LogP contribution in [0.1, 0.15) is 28.8 Å². The minimum absolute atomic E-state index is 0.109. The van der Waals surface area contributed by atoms with Gasteiger partial charge in [-0.1, -0.05) is 18.2 Å². The summed E-state index contributed by atoms with van der Waals surface area (Å²) in [4.78, 5) is 17.2. The molecule has 6 rings (SSSR count). The summed E-state index contributed by atoms with van der Waals surface area (Å²) in [6.07, 6.45) is -1.43. The number of hydrogen-bond donors (Lipinski definition) is 1. The van der Waals surface area contributed by atoms with Crippen LogP contribution in [0.5, 0.6) is 17.2 Å². The number of carbonyl (C=O) groups is 1. The van der Waals surface area contributed by atoms with E-state index in [0.29, 0.717) is 22.8 Å². The van der Waals surface area contributed by atoms with Crippen LogP contribution in [0, 0.1) is 0 Å². The van der Waals surface area contributed by atoms with Gasteiger partial charge in [-0.15, -0.1) is 0 Å². The number of halogens is 2. The van der Waals surface area contributed by atoms with Crippen molar-refractivity contribution in [1.82, 2.24) is 4.98 Å². The number of benzene rings is 2. The van der Waals surface area contributed by atoms with E-state index in [4.69, 9.17) is 14.2 Å². The second kappa shape index (κ2) is 6.91. The van der Waals surface area contributed by atoms with Gasteiger partial charge in [-0.3, -0.25) is 9.78 Å². The predicted octanol–water partition coefficient (Wildman–Crippen LogP) is 4.03. The molecule has 8 heteroatoms. The Kier molecular flexibility index (Phi) is 4.11. The Hall–Kier alpha value is -3.68. The quantitative estimate of drug-likeness (QED) is 0.671. The number of rotatable bonds is 3. The molecular weight excluding hydrogens is 418 g/mol. The lowest BCUT2D eigenvalue weighted by Gasteiger charge is -2.28. The molecule has 0 bridgehead atoms. The second-order valence-electron chi connectivity index (χ2n) is 8.08. The Morgan fingerprint density at radius 2 is 1.94 bits per heavy atom. The van der Waals surface area contributed by atoms with Crippen LogP contribution >= 0.6 is 0 Å². The van der Waals surface area contributed by atoms with Crippen molar-refractivity contribution in [2.75, 3.05) is 18.5 Å². The van der Waals surface area contributed by atoms with E-state index >= 15 is 0 Å². The average molecular weight is 436 g/mol. The normalized spacial score (nSPS) is 22.5. The standard InChI is InChI=1S/C24H18F2N2O4/c25-22(26)14-4-3-7-27-18(14)8-13-11-30-20-10-19-16(9-21(20)32-13)24(12-31-19)15-5-1-2-6-17(15)28-23(24)29/h1-7,9-10,13,22H,8,11-12H2,(H,28,29)/t13?,24-/m0/s1. The maximum absolute atomic E-state index is 13.3. The third kappa shape index (κ3) is 2.68. The van der Waals surface area contributed by atoms with Crippen LogP contribution in [0.25, 0.3) is 0 Å². The molecule has 0 radical (unpaired) electrons. The van der Waals surface area contributed by atoms with E-state index in [9.17, 15) is 13.6 Å². The van der Waals surface area contributed by atoms with Crippen molar-refractivity contribution >= 4 is 11.6 Å². The number of hydrogen-bond acceptors (Lipinski definition) is 5. The van der Waals surface area contributed by atoms with Crippen molar-refractivity contribution in [1.29, 1.82) is 0 Å². The molecule has 2 aromatic carbocycles. The van der Waals surface area contributed by atoms with Gasteiger partial charge in [0.2, 0.25) is 5.91 Å². The summed E-state index contributed by atoms with van der Waals surface area (Å²) in [6.45, 7) is 0.378. The molecule has 1 amide bonds. The number of pyridine rings is 1. The zero-order chi connectivity index (χ0) is 21.9. The van der Waals surface area contributed by atoms with Crippen LogP contribution in [0.3, 0.4) is 0 Å². The van der Waals surface area contributed by atoms with Gasteiger partial charge < -0.3 is 19.5 Å². The summed E-state index contributed by atoms with van der Waals surface area (Å²) in [5.41, 5.74) is 1.53. The van der Waals surface area contributed by atoms with Crippen molar-refractivity contribution in [3.8, 4) is 17.2 Å². The summed E-state index contributed by atoms with van der Waals surface area (Å²) in [5.74, 6) is 1.37. The summed E-state index contributed by atoms with van der Waals surface area (Å²) in [5, 5.41) is 2.94. The fourth-order valence-electron chi connectivity index (χ4n) is 4.72. The minimum Gasteiger partial charge on any atom is -0.491 e. The number of ether oxygens (including phenoxy) is 3. The van der Waals surface area contributed by atoms with Crippen LogP contribution in [0.4, 0.5) is 14.5 Å². The van der Waals surface area contributed by atoms with Crippen molar-refractivity contribution in [2.45, 2.75) is 24.4 Å². The monoisotopic (exact) mass is 436 g/mol. The van der Waals surface area contributed by atoms with Gasteiger partial charge in [-0.05, 0) is 29.8 Å². The summed E-state index contributed by atoms with van der Waals surface area (Å²) < 4.78 is 44.6. The van der Waals surface area contributed by atoms with E-state index in [1.165, 1.54) is 18.3 Å². The van der Waals surface area contributed by atoms with Gasteiger partial charge >= 0.3 is 0 Å². The highest BCUT2D eigenvalue weighted by Gasteiger charge is 2.54. The third-order valence-corrected chi connectivity index (χ3v) is 6.27. The van der Waals surface area contributed by atoms with Crippen LogP contribution < -0.4 is 19.5 Å². The lowest BCUT2D eigenvalue weighted by molar-refractivity contribution is -0.119. The molecule has 0 saturated carbocycles. The maximum Gasteiger partial charge on any atom is 0.265 e. The first kappa shape index (κ1) is 19.0. The molecule has 3 aliphatic heterocycles. The van der Waals surface area contributed by atoms with Gasteiger partial charge in [-0.25, -0.2) is 8.78 Å². The van der Waals surface area contributed by atoms with Gasteiger partial charge in [0, 0.05) is 35.5 Å². The molecular formula is C24H18F2N2O4. The van der Waals surface area contributed by atoms with Crippen LogP contribution in [-0.4, -0.2) is 30.2 Å². The number of para-hydroxylation sites is 1. The summed E-state index contributed by atoms with van der Waals surface area (Å²) in [6, 6.07) is 13.9. The molecule has 0 saturated heterocycles. The van der Waals surface area contributed by atoms with Crippen LogP contribution in [-0.2, 0) is 16.6 Å². The SMILES string of the molecule is O=C1Nc2ccccc2[C@]12COc1cc3c(cc12)OC(Cc1ncccc1C(F)F)CO3. The van der Waals surface area contributed by atoms with E-state index in [0.717, 1.165) is 11.3 Å². The molecule has 3 aliphatic rings. The van der Waals surface area contributed by atoms with Gasteiger partial charge in [-0.2, -0.15) is 0 Å². The summed E-state index contributed by atoms with van der Waals surface area (Å²) in [7, 11) is 0. The molecule has 6 nitrogen and oxygen atoms in total. The first-order valence-corrected chi connectivity index (χ1v) is 10.3. The number of amides is 1. The second-order valence-corrected chi connectivity index (χ2v) is 8.08. The Morgan fingerprint density at radius 1 is 1.06 bits per heavy atom. The summed E-state index contributed by atoms with van der Waals surface area (Å²) >= 11 is 0. The lowest BCUT2D eigenvalue weighted by atomic mass is 9.77. The highest BCUT2D eigenvalue weighted by Crippen LogP contribution is 2.53. The van der Waals surface area contributed by atoms with E-state index < -0.39 is 17.9 Å². The fourth-order valence-corrected chi connectivity index (χ4v) is 4.72. The van der Waals surface area contributed by atoms with Gasteiger partial charge in [0.1, 0.15) is 30.5 Å². The highest BCUT2D eigenvalue weighted by molar-refractivity contribution is 6.09. The van der Waals surface area contributed by atoms with Gasteiger partial charge in [0.25, 0.3) is 6.43 Å². The fraction of sp³-hybridized carbons (Fsp3) is 0.250. The minimum atomic E-state index is -2.61. The number of nitrogens with zero attached hydrogens (tertiary/aromatic N) is 1. The maximum atomic E-state index is 13.3. The van der Waals surface area contributed by atoms with Gasteiger partial charge in [0.05, 0.1) is 5.69 Å². The molecule has 1 aromatic heterocycles. The number of anilines is 1. The van der Waals surface area contributed by atoms with E-state index in [1.807, 2.05) is 24.3 Å². The van der Waals surface area contributed by atoms with E-state index in [2.05, 4.69) is 10.3 Å². The predicted molar refractivity (Wildman–Crippen MR) is 111 cm³/mol. The Bertz CT molecular complexity index is 1250. The highest BCUT2D eigenvalue weighted by atomic mass is 19.3. The number of carbonyl (C=O) groups excluding carboxylic acids is 1. The molecule has 0 aliphatic carbocycles. The molecule has 162 valence electrons. The lowest BCUT2D eigenvalue weighted by Crippen LogP contribution is -2.37. The first-order valence-electron chi connectivity index (χ1n) is 10.3. The Morgan fingerprint density at radius 3 is 2.81 bits per heavy atom.